The average Bonchev–Trinajstić information content (AvgIpc) is 2.28. The molecule has 1 rings (SSSR count). The Bertz CT molecular complexity index is 390. The Kier molecular flexibility index (Phi) is 4.88. The van der Waals surface area contributed by atoms with E-state index in [0.717, 1.165) is 12.5 Å². The maximum atomic E-state index is 11.8. The maximum absolute atomic E-state index is 11.8. The molecule has 1 heterocycles. The summed E-state index contributed by atoms with van der Waals surface area (Å²) in [6, 6.07) is 0. The molecule has 0 aromatic carbocycles. The highest BCUT2D eigenvalue weighted by Crippen LogP contribution is 2.08. The third-order valence-electron chi connectivity index (χ3n) is 2.70. The van der Waals surface area contributed by atoms with Gasteiger partial charge in [0.05, 0.1) is 0 Å². The van der Waals surface area contributed by atoms with E-state index < -0.39 is 17.8 Å². The second-order valence-electron chi connectivity index (χ2n) is 4.35. The van der Waals surface area contributed by atoms with Gasteiger partial charge in [-0.1, -0.05) is 6.92 Å². The lowest BCUT2D eigenvalue weighted by atomic mass is 10.2. The van der Waals surface area contributed by atoms with Crippen molar-refractivity contribution in [1.29, 1.82) is 0 Å². The van der Waals surface area contributed by atoms with Crippen molar-refractivity contribution in [3.8, 4) is 0 Å². The van der Waals surface area contributed by atoms with Gasteiger partial charge in [-0.15, -0.1) is 0 Å². The minimum absolute atomic E-state index is 0.191. The monoisotopic (exact) mass is 254 g/mol. The normalized spacial score (nSPS) is 17.3. The number of carbonyl (C=O) groups is 3. The van der Waals surface area contributed by atoms with Crippen LogP contribution in [0, 0.1) is 0 Å². The van der Waals surface area contributed by atoms with Gasteiger partial charge >= 0.3 is 17.8 Å². The number of aliphatic carboxylic acids is 1. The van der Waals surface area contributed by atoms with Crippen molar-refractivity contribution in [2.75, 3.05) is 26.2 Å². The second-order valence-corrected chi connectivity index (χ2v) is 4.35. The van der Waals surface area contributed by atoms with Crippen LogP contribution < -0.4 is 0 Å². The fourth-order valence-corrected chi connectivity index (χ4v) is 1.91. The molecule has 0 bridgehead atoms. The molecule has 6 heteroatoms. The Balaban J connectivity index is 2.64. The Hall–Kier alpha value is -1.85. The van der Waals surface area contributed by atoms with E-state index in [0.29, 0.717) is 25.2 Å². The van der Waals surface area contributed by atoms with Crippen LogP contribution in [-0.4, -0.2) is 58.9 Å². The molecule has 0 radical (unpaired) electrons. The highest BCUT2D eigenvalue weighted by molar-refractivity contribution is 6.35. The lowest BCUT2D eigenvalue weighted by molar-refractivity contribution is -0.155. The van der Waals surface area contributed by atoms with Crippen molar-refractivity contribution in [3.63, 3.8) is 0 Å². The molecule has 0 atom stereocenters. The van der Waals surface area contributed by atoms with E-state index in [4.69, 9.17) is 5.11 Å². The fourth-order valence-electron chi connectivity index (χ4n) is 1.91. The summed E-state index contributed by atoms with van der Waals surface area (Å²) in [4.78, 5) is 36.9. The molecular formula is C12H18N2O4. The highest BCUT2D eigenvalue weighted by atomic mass is 16.4. The summed E-state index contributed by atoms with van der Waals surface area (Å²) in [5.74, 6) is -2.09. The summed E-state index contributed by atoms with van der Waals surface area (Å²) >= 11 is 0. The number of nitrogens with zero attached hydrogens (tertiary/aromatic N) is 2. The number of amides is 2. The van der Waals surface area contributed by atoms with Gasteiger partial charge in [0.2, 0.25) is 0 Å². The molecule has 1 saturated heterocycles. The zero-order valence-corrected chi connectivity index (χ0v) is 10.7. The van der Waals surface area contributed by atoms with E-state index in [1.54, 1.807) is 6.92 Å². The first-order chi connectivity index (χ1) is 8.45. The Morgan fingerprint density at radius 1 is 1.28 bits per heavy atom. The van der Waals surface area contributed by atoms with Crippen molar-refractivity contribution < 1.29 is 19.5 Å². The number of hydrogen-bond donors (Lipinski definition) is 1. The first kappa shape index (κ1) is 14.2. The standard InChI is InChI=1S/C12H18N2O4/c1-3-4-13-5-6-14(12(18)11(13)17)8-9(2)7-10(15)16/h7H,3-6,8H2,1-2H3,(H,15,16). The van der Waals surface area contributed by atoms with Gasteiger partial charge in [-0.3, -0.25) is 9.59 Å². The first-order valence-electron chi connectivity index (χ1n) is 5.94. The minimum atomic E-state index is -1.05. The summed E-state index contributed by atoms with van der Waals surface area (Å²) in [5, 5.41) is 8.59. The van der Waals surface area contributed by atoms with Crippen molar-refractivity contribution in [3.05, 3.63) is 11.6 Å². The Morgan fingerprint density at radius 3 is 2.39 bits per heavy atom. The number of carbonyl (C=O) groups excluding carboxylic acids is 2. The smallest absolute Gasteiger partial charge is 0.328 e. The minimum Gasteiger partial charge on any atom is -0.478 e. The van der Waals surface area contributed by atoms with Gasteiger partial charge in [0, 0.05) is 32.3 Å². The van der Waals surface area contributed by atoms with Gasteiger partial charge in [0.1, 0.15) is 0 Å². The van der Waals surface area contributed by atoms with Crippen LogP contribution in [-0.2, 0) is 14.4 Å². The molecule has 0 unspecified atom stereocenters. The largest absolute Gasteiger partial charge is 0.478 e. The van der Waals surface area contributed by atoms with Gasteiger partial charge in [-0.2, -0.15) is 0 Å². The van der Waals surface area contributed by atoms with Crippen LogP contribution in [0.1, 0.15) is 20.3 Å². The van der Waals surface area contributed by atoms with Gasteiger partial charge in [0.15, 0.2) is 0 Å². The summed E-state index contributed by atoms with van der Waals surface area (Å²) in [7, 11) is 0. The van der Waals surface area contributed by atoms with Crippen LogP contribution in [0.25, 0.3) is 0 Å². The molecule has 18 heavy (non-hydrogen) atoms. The first-order valence-corrected chi connectivity index (χ1v) is 5.94. The molecule has 0 aliphatic carbocycles. The molecule has 1 fully saturated rings. The number of hydrogen-bond acceptors (Lipinski definition) is 3. The number of carboxylic acids is 1. The molecule has 2 amide bonds. The van der Waals surface area contributed by atoms with E-state index in [1.807, 2.05) is 6.92 Å². The third kappa shape index (κ3) is 3.58. The van der Waals surface area contributed by atoms with Crippen molar-refractivity contribution in [1.82, 2.24) is 9.80 Å². The van der Waals surface area contributed by atoms with Gasteiger partial charge in [-0.25, -0.2) is 4.79 Å². The van der Waals surface area contributed by atoms with E-state index in [1.165, 1.54) is 9.80 Å². The number of piperazine rings is 1. The van der Waals surface area contributed by atoms with E-state index in [9.17, 15) is 14.4 Å². The quantitative estimate of drug-likeness (QED) is 0.557. The molecule has 1 aliphatic rings. The number of rotatable bonds is 5. The molecule has 0 aromatic heterocycles. The van der Waals surface area contributed by atoms with Crippen LogP contribution in [0.15, 0.2) is 11.6 Å². The molecular weight excluding hydrogens is 236 g/mol. The van der Waals surface area contributed by atoms with Gasteiger partial charge in [0.25, 0.3) is 0 Å². The van der Waals surface area contributed by atoms with Crippen molar-refractivity contribution >= 4 is 17.8 Å². The molecule has 0 spiro atoms. The summed E-state index contributed by atoms with van der Waals surface area (Å²) in [6.07, 6.45) is 1.87. The van der Waals surface area contributed by atoms with Crippen molar-refractivity contribution in [2.24, 2.45) is 0 Å². The molecule has 100 valence electrons. The van der Waals surface area contributed by atoms with Crippen LogP contribution in [0.2, 0.25) is 0 Å². The lowest BCUT2D eigenvalue weighted by Gasteiger charge is -2.33. The Morgan fingerprint density at radius 2 is 1.83 bits per heavy atom. The van der Waals surface area contributed by atoms with E-state index in [2.05, 4.69) is 0 Å². The summed E-state index contributed by atoms with van der Waals surface area (Å²) < 4.78 is 0. The van der Waals surface area contributed by atoms with E-state index >= 15 is 0 Å². The predicted molar refractivity (Wildman–Crippen MR) is 64.8 cm³/mol. The van der Waals surface area contributed by atoms with Crippen LogP contribution >= 0.6 is 0 Å². The third-order valence-corrected chi connectivity index (χ3v) is 2.70. The van der Waals surface area contributed by atoms with Gasteiger partial charge < -0.3 is 14.9 Å². The fraction of sp³-hybridized carbons (Fsp3) is 0.583. The van der Waals surface area contributed by atoms with Crippen LogP contribution in [0.3, 0.4) is 0 Å². The zero-order chi connectivity index (χ0) is 13.7. The predicted octanol–water partition coefficient (Wildman–Crippen LogP) is 0.0981. The van der Waals surface area contributed by atoms with Crippen LogP contribution in [0.4, 0.5) is 0 Å². The lowest BCUT2D eigenvalue weighted by Crippen LogP contribution is -2.54. The van der Waals surface area contributed by atoms with Crippen LogP contribution in [0.5, 0.6) is 0 Å². The van der Waals surface area contributed by atoms with Gasteiger partial charge in [-0.05, 0) is 18.9 Å². The SMILES string of the molecule is CCCN1CCN(CC(C)=CC(=O)O)C(=O)C1=O. The molecule has 1 N–H and O–H groups in total. The molecule has 0 saturated carbocycles. The second kappa shape index (κ2) is 6.18. The summed E-state index contributed by atoms with van der Waals surface area (Å²) in [6.45, 7) is 5.32. The van der Waals surface area contributed by atoms with Crippen molar-refractivity contribution in [2.45, 2.75) is 20.3 Å². The molecule has 6 nitrogen and oxygen atoms in total. The highest BCUT2D eigenvalue weighted by Gasteiger charge is 2.31. The molecule has 1 aliphatic heterocycles. The summed E-state index contributed by atoms with van der Waals surface area (Å²) in [5.41, 5.74) is 0.549. The average molecular weight is 254 g/mol. The van der Waals surface area contributed by atoms with E-state index in [-0.39, 0.29) is 6.54 Å². The zero-order valence-electron chi connectivity index (χ0n) is 10.7. The molecule has 0 aromatic rings. The maximum Gasteiger partial charge on any atom is 0.328 e. The number of carboxylic acid groups (broad SMARTS) is 1. The Labute approximate surface area is 106 Å². The topological polar surface area (TPSA) is 77.9 Å².